The van der Waals surface area contributed by atoms with E-state index in [0.29, 0.717) is 6.54 Å². The average molecular weight is 784 g/mol. The van der Waals surface area contributed by atoms with E-state index in [0.717, 1.165) is 87.7 Å². The number of aromatic nitrogens is 3. The number of aliphatic carboxylic acids is 3. The third-order valence-electron chi connectivity index (χ3n) is 8.51. The fourth-order valence-electron chi connectivity index (χ4n) is 5.86. The van der Waals surface area contributed by atoms with Crippen molar-refractivity contribution >= 4 is 17.9 Å². The van der Waals surface area contributed by atoms with Crippen LogP contribution in [-0.2, 0) is 53.4 Å². The first kappa shape index (κ1) is 43.4. The second-order valence-electron chi connectivity index (χ2n) is 12.5. The number of pyridine rings is 1. The average Bonchev–Trinajstić information content (AvgIpc) is 3.45. The number of alkyl halides is 9. The lowest BCUT2D eigenvalue weighted by molar-refractivity contribution is -0.193. The number of fused-ring (bicyclic) bond motifs is 2. The van der Waals surface area contributed by atoms with E-state index >= 15 is 0 Å². The summed E-state index contributed by atoms with van der Waals surface area (Å²) in [7, 11) is 0. The van der Waals surface area contributed by atoms with Gasteiger partial charge in [-0.25, -0.2) is 19.4 Å². The molecule has 296 valence electrons. The number of benzene rings is 1. The lowest BCUT2D eigenvalue weighted by Crippen LogP contribution is -2.41. The molecule has 0 saturated carbocycles. The van der Waals surface area contributed by atoms with E-state index in [2.05, 4.69) is 51.2 Å². The quantitative estimate of drug-likeness (QED) is 0.307. The van der Waals surface area contributed by atoms with Crippen LogP contribution in [0.15, 0.2) is 59.5 Å². The molecule has 0 amide bonds. The van der Waals surface area contributed by atoms with Gasteiger partial charge in [-0.3, -0.25) is 24.1 Å². The Morgan fingerprint density at radius 2 is 1.24 bits per heavy atom. The van der Waals surface area contributed by atoms with Crippen LogP contribution in [0.3, 0.4) is 0 Å². The molecule has 0 atom stereocenters. The summed E-state index contributed by atoms with van der Waals surface area (Å²) >= 11 is 0. The number of carboxylic acids is 3. The Bertz CT molecular complexity index is 1740. The number of hydrogen-bond acceptors (Lipinski definition) is 8. The Hall–Kier alpha value is -5.05. The normalized spacial score (nSPS) is 16.6. The first-order valence-corrected chi connectivity index (χ1v) is 15.9. The number of nitrogens with zero attached hydrogens (tertiary/aromatic N) is 5. The van der Waals surface area contributed by atoms with Crippen molar-refractivity contribution in [2.45, 2.75) is 70.4 Å². The maximum Gasteiger partial charge on any atom is 0.490 e. The van der Waals surface area contributed by atoms with E-state index in [1.54, 1.807) is 0 Å². The molecule has 54 heavy (non-hydrogen) atoms. The molecule has 2 aromatic heterocycles. The van der Waals surface area contributed by atoms with Crippen LogP contribution in [0.2, 0.25) is 0 Å². The molecule has 1 saturated heterocycles. The summed E-state index contributed by atoms with van der Waals surface area (Å²) in [5.74, 6) is -7.25. The first-order valence-electron chi connectivity index (χ1n) is 15.9. The largest absolute Gasteiger partial charge is 0.490 e. The van der Waals surface area contributed by atoms with Gasteiger partial charge < -0.3 is 15.3 Å². The summed E-state index contributed by atoms with van der Waals surface area (Å²) in [6.07, 6.45) is -9.33. The van der Waals surface area contributed by atoms with Crippen molar-refractivity contribution in [2.24, 2.45) is 5.41 Å². The number of halogens is 9. The standard InChI is InChI=1S/C27H31N5O.3C2HF3O2/c33-26-23-19-31(17-21-6-2-1-3-7-21)13-9-24(23)29-25-16-27(20-32(25)26)10-14-30(15-11-27)18-22-8-4-5-12-28-22;3*3-2(4,5)1(6)7/h1-8,12H,9-11,13-20H2;3*(H,6,7). The van der Waals surface area contributed by atoms with Crippen molar-refractivity contribution < 1.29 is 69.2 Å². The summed E-state index contributed by atoms with van der Waals surface area (Å²) < 4.78 is 97.2. The Morgan fingerprint density at radius 3 is 1.72 bits per heavy atom. The van der Waals surface area contributed by atoms with Crippen molar-refractivity contribution in [1.29, 1.82) is 0 Å². The fourth-order valence-corrected chi connectivity index (χ4v) is 5.86. The molecule has 12 nitrogen and oxygen atoms in total. The molecule has 21 heteroatoms. The highest BCUT2D eigenvalue weighted by molar-refractivity contribution is 5.73. The predicted molar refractivity (Wildman–Crippen MR) is 169 cm³/mol. The minimum absolute atomic E-state index is 0.188. The monoisotopic (exact) mass is 783 g/mol. The molecule has 3 N–H and O–H groups in total. The van der Waals surface area contributed by atoms with Gasteiger partial charge in [0, 0.05) is 51.8 Å². The summed E-state index contributed by atoms with van der Waals surface area (Å²) in [6.45, 7) is 6.42. The lowest BCUT2D eigenvalue weighted by atomic mass is 9.77. The van der Waals surface area contributed by atoms with Crippen LogP contribution in [0.1, 0.15) is 41.2 Å². The Morgan fingerprint density at radius 1 is 0.722 bits per heavy atom. The van der Waals surface area contributed by atoms with Crippen molar-refractivity contribution in [1.82, 2.24) is 24.3 Å². The van der Waals surface area contributed by atoms with Crippen LogP contribution >= 0.6 is 0 Å². The predicted octanol–water partition coefficient (Wildman–Crippen LogP) is 4.94. The van der Waals surface area contributed by atoms with Crippen LogP contribution < -0.4 is 5.56 Å². The van der Waals surface area contributed by atoms with Gasteiger partial charge in [-0.05, 0) is 49.0 Å². The molecule has 3 aromatic rings. The third kappa shape index (κ3) is 12.8. The molecule has 0 radical (unpaired) electrons. The van der Waals surface area contributed by atoms with E-state index in [1.807, 2.05) is 22.9 Å². The fraction of sp³-hybridized carbons (Fsp3) is 0.455. The summed E-state index contributed by atoms with van der Waals surface area (Å²) in [4.78, 5) is 54.6. The van der Waals surface area contributed by atoms with Crippen LogP contribution in [0, 0.1) is 5.41 Å². The summed E-state index contributed by atoms with van der Waals surface area (Å²) in [5.41, 5.74) is 4.79. The van der Waals surface area contributed by atoms with Crippen LogP contribution in [0.5, 0.6) is 0 Å². The molecule has 1 fully saturated rings. The van der Waals surface area contributed by atoms with Gasteiger partial charge in [-0.15, -0.1) is 0 Å². The number of carbonyl (C=O) groups is 3. The summed E-state index contributed by atoms with van der Waals surface area (Å²) in [6, 6.07) is 16.7. The molecule has 6 rings (SSSR count). The van der Waals surface area contributed by atoms with Gasteiger partial charge in [0.25, 0.3) is 5.56 Å². The number of rotatable bonds is 4. The molecule has 1 spiro atoms. The molecule has 1 aromatic carbocycles. The Kier molecular flexibility index (Phi) is 14.3. The van der Waals surface area contributed by atoms with E-state index in [1.165, 1.54) is 5.56 Å². The van der Waals surface area contributed by atoms with Crippen LogP contribution in [-0.4, -0.2) is 95.7 Å². The van der Waals surface area contributed by atoms with Crippen molar-refractivity contribution in [3.8, 4) is 0 Å². The highest BCUT2D eigenvalue weighted by atomic mass is 19.4. The Balaban J connectivity index is 0.000000307. The highest BCUT2D eigenvalue weighted by Crippen LogP contribution is 2.41. The topological polar surface area (TPSA) is 166 Å². The third-order valence-corrected chi connectivity index (χ3v) is 8.51. The minimum atomic E-state index is -5.08. The highest BCUT2D eigenvalue weighted by Gasteiger charge is 2.43. The van der Waals surface area contributed by atoms with Crippen molar-refractivity contribution in [3.05, 3.63) is 93.4 Å². The van der Waals surface area contributed by atoms with Crippen molar-refractivity contribution in [2.75, 3.05) is 19.6 Å². The molecule has 0 aliphatic carbocycles. The van der Waals surface area contributed by atoms with Gasteiger partial charge >= 0.3 is 36.4 Å². The molecule has 5 heterocycles. The van der Waals surface area contributed by atoms with Gasteiger partial charge in [-0.2, -0.15) is 39.5 Å². The maximum atomic E-state index is 13.5. The van der Waals surface area contributed by atoms with E-state index in [9.17, 15) is 44.3 Å². The number of carboxylic acid groups (broad SMARTS) is 3. The molecule has 3 aliphatic heterocycles. The second-order valence-corrected chi connectivity index (χ2v) is 12.5. The van der Waals surface area contributed by atoms with Gasteiger partial charge in [0.2, 0.25) is 0 Å². The van der Waals surface area contributed by atoms with Crippen molar-refractivity contribution in [3.63, 3.8) is 0 Å². The molecule has 0 unspecified atom stereocenters. The first-order chi connectivity index (χ1) is 25.0. The SMILES string of the molecule is O=C(O)C(F)(F)F.O=C(O)C(F)(F)F.O=C(O)C(F)(F)F.O=c1c2c(nc3n1CC1(CCN(Cc4ccccn4)CC1)C3)CCN(Cc1ccccc1)C2. The zero-order valence-electron chi connectivity index (χ0n) is 28.1. The second kappa shape index (κ2) is 17.9. The smallest absolute Gasteiger partial charge is 0.475 e. The molecular formula is C33H34F9N5O7. The van der Waals surface area contributed by atoms with Gasteiger partial charge in [0.1, 0.15) is 5.82 Å². The molecular weight excluding hydrogens is 749 g/mol. The summed E-state index contributed by atoms with van der Waals surface area (Å²) in [5, 5.41) is 21.4. The van der Waals surface area contributed by atoms with Crippen LogP contribution in [0.25, 0.3) is 0 Å². The van der Waals surface area contributed by atoms with E-state index < -0.39 is 36.4 Å². The van der Waals surface area contributed by atoms with Gasteiger partial charge in [0.15, 0.2) is 0 Å². The zero-order valence-corrected chi connectivity index (χ0v) is 28.1. The number of hydrogen-bond donors (Lipinski definition) is 3. The van der Waals surface area contributed by atoms with Gasteiger partial charge in [-0.1, -0.05) is 36.4 Å². The zero-order chi connectivity index (χ0) is 40.5. The molecule has 3 aliphatic rings. The van der Waals surface area contributed by atoms with E-state index in [-0.39, 0.29) is 11.0 Å². The molecule has 0 bridgehead atoms. The maximum absolute atomic E-state index is 13.5. The minimum Gasteiger partial charge on any atom is -0.475 e. The van der Waals surface area contributed by atoms with E-state index in [4.69, 9.17) is 34.7 Å². The Labute approximate surface area is 300 Å². The number of piperidine rings is 1. The van der Waals surface area contributed by atoms with Crippen LogP contribution in [0.4, 0.5) is 39.5 Å². The lowest BCUT2D eigenvalue weighted by Gasteiger charge is -2.38. The van der Waals surface area contributed by atoms with Gasteiger partial charge in [0.05, 0.1) is 17.0 Å². The number of likely N-dealkylation sites (tertiary alicyclic amines) is 1.